The monoisotopic (exact) mass is 298 g/mol. The molecule has 0 aromatic heterocycles. The number of ether oxygens (including phenoxy) is 1. The third-order valence-electron chi connectivity index (χ3n) is 3.39. The first kappa shape index (κ1) is 15.3. The van der Waals surface area contributed by atoms with Gasteiger partial charge in [0.25, 0.3) is 0 Å². The van der Waals surface area contributed by atoms with Gasteiger partial charge in [-0.2, -0.15) is 4.31 Å². The molecule has 0 saturated carbocycles. The summed E-state index contributed by atoms with van der Waals surface area (Å²) in [4.78, 5) is 0.338. The maximum Gasteiger partial charge on any atom is 0.243 e. The highest BCUT2D eigenvalue weighted by Gasteiger charge is 2.25. The van der Waals surface area contributed by atoms with E-state index in [1.54, 1.807) is 28.6 Å². The number of rotatable bonds is 6. The molecule has 1 aliphatic heterocycles. The van der Waals surface area contributed by atoms with Gasteiger partial charge in [0.15, 0.2) is 0 Å². The van der Waals surface area contributed by atoms with Crippen LogP contribution in [0.2, 0.25) is 0 Å². The molecule has 0 spiro atoms. The minimum atomic E-state index is -3.35. The Hall–Kier alpha value is -1.11. The lowest BCUT2D eigenvalue weighted by Crippen LogP contribution is -2.35. The number of hydrogen-bond donors (Lipinski definition) is 1. The lowest BCUT2D eigenvalue weighted by atomic mass is 10.2. The largest absolute Gasteiger partial charge is 0.494 e. The van der Waals surface area contributed by atoms with E-state index in [-0.39, 0.29) is 0 Å². The molecule has 20 heavy (non-hydrogen) atoms. The predicted molar refractivity (Wildman–Crippen MR) is 78.2 cm³/mol. The van der Waals surface area contributed by atoms with Gasteiger partial charge in [0.2, 0.25) is 10.0 Å². The van der Waals surface area contributed by atoms with Gasteiger partial charge in [-0.1, -0.05) is 6.42 Å². The molecule has 1 aromatic rings. The lowest BCUT2D eigenvalue weighted by molar-refractivity contribution is 0.313. The van der Waals surface area contributed by atoms with Crippen molar-refractivity contribution < 1.29 is 13.2 Å². The zero-order valence-electron chi connectivity index (χ0n) is 11.6. The molecule has 1 aromatic carbocycles. The quantitative estimate of drug-likeness (QED) is 0.809. The van der Waals surface area contributed by atoms with Crippen molar-refractivity contribution >= 4 is 10.0 Å². The summed E-state index contributed by atoms with van der Waals surface area (Å²) in [6.45, 7) is 2.38. The number of nitrogens with two attached hydrogens (primary N) is 1. The van der Waals surface area contributed by atoms with Crippen molar-refractivity contribution in [3.63, 3.8) is 0 Å². The minimum Gasteiger partial charge on any atom is -0.494 e. The van der Waals surface area contributed by atoms with Crippen molar-refractivity contribution in [3.05, 3.63) is 24.3 Å². The third kappa shape index (κ3) is 3.71. The van der Waals surface area contributed by atoms with Crippen LogP contribution in [-0.2, 0) is 10.0 Å². The molecule has 0 bridgehead atoms. The number of hydrogen-bond acceptors (Lipinski definition) is 4. The van der Waals surface area contributed by atoms with E-state index in [2.05, 4.69) is 0 Å². The Kier molecular flexibility index (Phi) is 5.39. The topological polar surface area (TPSA) is 72.6 Å². The summed E-state index contributed by atoms with van der Waals surface area (Å²) in [7, 11) is -3.35. The van der Waals surface area contributed by atoms with Gasteiger partial charge in [-0.05, 0) is 50.1 Å². The third-order valence-corrected chi connectivity index (χ3v) is 5.31. The van der Waals surface area contributed by atoms with Crippen molar-refractivity contribution in [2.24, 2.45) is 5.73 Å². The average Bonchev–Trinajstić information content (AvgIpc) is 2.49. The maximum atomic E-state index is 12.4. The van der Waals surface area contributed by atoms with Crippen LogP contribution < -0.4 is 10.5 Å². The van der Waals surface area contributed by atoms with Gasteiger partial charge in [-0.15, -0.1) is 0 Å². The summed E-state index contributed by atoms with van der Waals surface area (Å²) >= 11 is 0. The van der Waals surface area contributed by atoms with Crippen LogP contribution >= 0.6 is 0 Å². The summed E-state index contributed by atoms with van der Waals surface area (Å²) in [5, 5.41) is 0. The minimum absolute atomic E-state index is 0.338. The molecule has 2 rings (SSSR count). The standard InChI is InChI=1S/C14H22N2O3S/c15-9-4-12-19-13-5-7-14(8-6-13)20(17,18)16-10-2-1-3-11-16/h5-8H,1-4,9-12,15H2. The van der Waals surface area contributed by atoms with Crippen LogP contribution in [0.25, 0.3) is 0 Å². The summed E-state index contributed by atoms with van der Waals surface area (Å²) < 4.78 is 31.9. The van der Waals surface area contributed by atoms with Crippen molar-refractivity contribution in [3.8, 4) is 5.75 Å². The number of piperidine rings is 1. The van der Waals surface area contributed by atoms with Crippen LogP contribution in [0.1, 0.15) is 25.7 Å². The Labute approximate surface area is 120 Å². The molecule has 5 nitrogen and oxygen atoms in total. The molecule has 1 fully saturated rings. The summed E-state index contributed by atoms with van der Waals surface area (Å²) in [6, 6.07) is 6.63. The van der Waals surface area contributed by atoms with E-state index in [0.717, 1.165) is 25.7 Å². The van der Waals surface area contributed by atoms with Crippen LogP contribution in [0.5, 0.6) is 5.75 Å². The normalized spacial score (nSPS) is 17.1. The van der Waals surface area contributed by atoms with Gasteiger partial charge >= 0.3 is 0 Å². The van der Waals surface area contributed by atoms with Gasteiger partial charge in [0, 0.05) is 13.1 Å². The van der Waals surface area contributed by atoms with Crippen molar-refractivity contribution in [1.82, 2.24) is 4.31 Å². The van der Waals surface area contributed by atoms with Crippen LogP contribution in [0.15, 0.2) is 29.2 Å². The zero-order chi connectivity index (χ0) is 14.4. The van der Waals surface area contributed by atoms with E-state index in [1.165, 1.54) is 0 Å². The highest BCUT2D eigenvalue weighted by Crippen LogP contribution is 2.22. The zero-order valence-corrected chi connectivity index (χ0v) is 12.4. The smallest absolute Gasteiger partial charge is 0.243 e. The van der Waals surface area contributed by atoms with Gasteiger partial charge in [0.1, 0.15) is 5.75 Å². The molecule has 0 amide bonds. The van der Waals surface area contributed by atoms with Crippen molar-refractivity contribution in [2.45, 2.75) is 30.6 Å². The van der Waals surface area contributed by atoms with Gasteiger partial charge < -0.3 is 10.5 Å². The average molecular weight is 298 g/mol. The molecule has 6 heteroatoms. The Morgan fingerprint density at radius 1 is 1.10 bits per heavy atom. The molecular formula is C14H22N2O3S. The Balaban J connectivity index is 2.04. The van der Waals surface area contributed by atoms with Crippen LogP contribution in [0.3, 0.4) is 0 Å². The second-order valence-electron chi connectivity index (χ2n) is 4.93. The molecule has 1 saturated heterocycles. The fraction of sp³-hybridized carbons (Fsp3) is 0.571. The first-order valence-electron chi connectivity index (χ1n) is 7.07. The SMILES string of the molecule is NCCCOc1ccc(S(=O)(=O)N2CCCCC2)cc1. The molecule has 0 aliphatic carbocycles. The van der Waals surface area contributed by atoms with E-state index in [0.29, 0.717) is 36.9 Å². The Bertz CT molecular complexity index is 508. The predicted octanol–water partition coefficient (Wildman–Crippen LogP) is 1.59. The number of nitrogens with zero attached hydrogens (tertiary/aromatic N) is 1. The Morgan fingerprint density at radius 2 is 1.75 bits per heavy atom. The molecule has 2 N–H and O–H groups in total. The molecule has 0 radical (unpaired) electrons. The van der Waals surface area contributed by atoms with Crippen LogP contribution in [0, 0.1) is 0 Å². The Morgan fingerprint density at radius 3 is 2.35 bits per heavy atom. The van der Waals surface area contributed by atoms with Crippen molar-refractivity contribution in [1.29, 1.82) is 0 Å². The fourth-order valence-corrected chi connectivity index (χ4v) is 3.75. The molecule has 0 unspecified atom stereocenters. The van der Waals surface area contributed by atoms with Crippen molar-refractivity contribution in [2.75, 3.05) is 26.2 Å². The molecule has 0 atom stereocenters. The molecular weight excluding hydrogens is 276 g/mol. The lowest BCUT2D eigenvalue weighted by Gasteiger charge is -2.25. The first-order chi connectivity index (χ1) is 9.64. The molecule has 112 valence electrons. The van der Waals surface area contributed by atoms with E-state index >= 15 is 0 Å². The van der Waals surface area contributed by atoms with Gasteiger partial charge in [-0.25, -0.2) is 8.42 Å². The summed E-state index contributed by atoms with van der Waals surface area (Å²) in [5.74, 6) is 0.677. The van der Waals surface area contributed by atoms with E-state index < -0.39 is 10.0 Å². The fourth-order valence-electron chi connectivity index (χ4n) is 2.24. The highest BCUT2D eigenvalue weighted by molar-refractivity contribution is 7.89. The van der Waals surface area contributed by atoms with E-state index in [1.807, 2.05) is 0 Å². The highest BCUT2D eigenvalue weighted by atomic mass is 32.2. The second kappa shape index (κ2) is 7.06. The van der Waals surface area contributed by atoms with Crippen LogP contribution in [0.4, 0.5) is 0 Å². The summed E-state index contributed by atoms with van der Waals surface area (Å²) in [5.41, 5.74) is 5.39. The first-order valence-corrected chi connectivity index (χ1v) is 8.51. The van der Waals surface area contributed by atoms with E-state index in [9.17, 15) is 8.42 Å². The number of sulfonamides is 1. The van der Waals surface area contributed by atoms with E-state index in [4.69, 9.17) is 10.5 Å². The van der Waals surface area contributed by atoms with Crippen LogP contribution in [-0.4, -0.2) is 39.0 Å². The van der Waals surface area contributed by atoms with Gasteiger partial charge in [0.05, 0.1) is 11.5 Å². The second-order valence-corrected chi connectivity index (χ2v) is 6.86. The molecule has 1 aliphatic rings. The molecule has 1 heterocycles. The maximum absolute atomic E-state index is 12.4. The van der Waals surface area contributed by atoms with Gasteiger partial charge in [-0.3, -0.25) is 0 Å². The number of benzene rings is 1. The summed E-state index contributed by atoms with van der Waals surface area (Å²) in [6.07, 6.45) is 3.78.